The molecule has 0 saturated heterocycles. The maximum atomic E-state index is 12.1. The third-order valence-corrected chi connectivity index (χ3v) is 5.70. The second-order valence-electron chi connectivity index (χ2n) is 7.13. The molecule has 0 spiro atoms. The molecule has 25 heavy (non-hydrogen) atoms. The average molecular weight is 344 g/mol. The lowest BCUT2D eigenvalue weighted by Gasteiger charge is -2.52. The number of phenols is 1. The number of fused-ring (bicyclic) bond motifs is 3. The van der Waals surface area contributed by atoms with E-state index in [4.69, 9.17) is 5.73 Å². The van der Waals surface area contributed by atoms with Crippen LogP contribution < -0.4 is 5.73 Å². The van der Waals surface area contributed by atoms with Crippen LogP contribution in [0, 0.1) is 0 Å². The second kappa shape index (κ2) is 6.28. The second-order valence-corrected chi connectivity index (χ2v) is 7.13. The zero-order valence-corrected chi connectivity index (χ0v) is 14.4. The van der Waals surface area contributed by atoms with Crippen LogP contribution in [-0.4, -0.2) is 52.0 Å². The third-order valence-electron chi connectivity index (χ3n) is 5.70. The number of nitrogens with zero attached hydrogens (tertiary/aromatic N) is 1. The van der Waals surface area contributed by atoms with E-state index in [1.54, 1.807) is 12.1 Å². The third kappa shape index (κ3) is 2.75. The van der Waals surface area contributed by atoms with E-state index in [2.05, 4.69) is 6.58 Å². The number of ketones is 1. The van der Waals surface area contributed by atoms with Gasteiger partial charge in [-0.2, -0.15) is 0 Å². The van der Waals surface area contributed by atoms with E-state index >= 15 is 0 Å². The van der Waals surface area contributed by atoms with Crippen molar-refractivity contribution in [2.75, 3.05) is 13.6 Å². The van der Waals surface area contributed by atoms with E-state index in [1.807, 2.05) is 11.9 Å². The smallest absolute Gasteiger partial charge is 0.252 e. The van der Waals surface area contributed by atoms with Crippen molar-refractivity contribution in [2.45, 2.75) is 43.2 Å². The molecule has 1 saturated carbocycles. The molecule has 3 atom stereocenters. The Balaban J connectivity index is 2.16. The molecule has 2 aliphatic rings. The molecule has 0 radical (unpaired) electrons. The zero-order valence-electron chi connectivity index (χ0n) is 14.4. The minimum atomic E-state index is -1.15. The number of aromatic hydroxyl groups is 1. The molecule has 6 heteroatoms. The summed E-state index contributed by atoms with van der Waals surface area (Å²) in [4.78, 5) is 25.7. The van der Waals surface area contributed by atoms with E-state index in [0.29, 0.717) is 31.4 Å². The Morgan fingerprint density at radius 3 is 2.84 bits per heavy atom. The SMILES string of the molecule is C=CCN(C)[C@@H]1Cc2ccc(C(N)=O)c(O)c2C2CC(=O)CC[C@]21O. The molecule has 0 aromatic heterocycles. The van der Waals surface area contributed by atoms with Gasteiger partial charge in [0.15, 0.2) is 0 Å². The van der Waals surface area contributed by atoms with Gasteiger partial charge in [-0.15, -0.1) is 6.58 Å². The van der Waals surface area contributed by atoms with Crippen molar-refractivity contribution >= 4 is 11.7 Å². The molecular formula is C19H24N2O4. The lowest BCUT2D eigenvalue weighted by atomic mass is 9.61. The summed E-state index contributed by atoms with van der Waals surface area (Å²) in [7, 11) is 1.92. The summed E-state index contributed by atoms with van der Waals surface area (Å²) in [5, 5.41) is 22.1. The highest BCUT2D eigenvalue weighted by molar-refractivity contribution is 5.96. The van der Waals surface area contributed by atoms with Crippen LogP contribution >= 0.6 is 0 Å². The summed E-state index contributed by atoms with van der Waals surface area (Å²) in [6.07, 6.45) is 3.10. The minimum absolute atomic E-state index is 0.0250. The fourth-order valence-electron chi connectivity index (χ4n) is 4.44. The van der Waals surface area contributed by atoms with Crippen LogP contribution in [0.1, 0.15) is 46.7 Å². The van der Waals surface area contributed by atoms with E-state index in [1.165, 1.54) is 6.07 Å². The Morgan fingerprint density at radius 2 is 2.20 bits per heavy atom. The summed E-state index contributed by atoms with van der Waals surface area (Å²) in [6.45, 7) is 4.36. The Bertz CT molecular complexity index is 745. The standard InChI is InChI=1S/C19H24N2O4/c1-3-8-21(2)15-9-11-4-5-13(18(20)24)17(23)16(11)14-10-12(22)6-7-19(14,15)25/h3-5,14-15,23,25H,1,6-10H2,2H3,(H2,20,24)/t14?,15-,19+/m1/s1. The van der Waals surface area contributed by atoms with Crippen LogP contribution in [0.15, 0.2) is 24.8 Å². The molecule has 1 amide bonds. The van der Waals surface area contributed by atoms with Crippen LogP contribution in [0.5, 0.6) is 5.75 Å². The van der Waals surface area contributed by atoms with Gasteiger partial charge in [0.1, 0.15) is 11.5 Å². The number of aliphatic hydroxyl groups is 1. The molecule has 3 rings (SSSR count). The van der Waals surface area contributed by atoms with Crippen molar-refractivity contribution in [3.8, 4) is 5.75 Å². The molecule has 0 aliphatic heterocycles. The Morgan fingerprint density at radius 1 is 1.48 bits per heavy atom. The summed E-state index contributed by atoms with van der Waals surface area (Å²) < 4.78 is 0. The highest BCUT2D eigenvalue weighted by Gasteiger charge is 2.53. The van der Waals surface area contributed by atoms with E-state index < -0.39 is 17.4 Å². The van der Waals surface area contributed by atoms with Crippen molar-refractivity contribution in [2.24, 2.45) is 5.73 Å². The quantitative estimate of drug-likeness (QED) is 0.710. The summed E-state index contributed by atoms with van der Waals surface area (Å²) >= 11 is 0. The number of primary amides is 1. The molecule has 1 unspecified atom stereocenters. The topological polar surface area (TPSA) is 104 Å². The van der Waals surface area contributed by atoms with Crippen LogP contribution in [0.3, 0.4) is 0 Å². The van der Waals surface area contributed by atoms with Crippen LogP contribution in [0.4, 0.5) is 0 Å². The average Bonchev–Trinajstić information content (AvgIpc) is 2.55. The first-order valence-corrected chi connectivity index (χ1v) is 8.49. The number of carbonyl (C=O) groups excluding carboxylic acids is 2. The Hall–Kier alpha value is -2.18. The van der Waals surface area contributed by atoms with Gasteiger partial charge in [-0.05, 0) is 31.5 Å². The molecular weight excluding hydrogens is 320 g/mol. The van der Waals surface area contributed by atoms with E-state index in [-0.39, 0.29) is 29.6 Å². The molecule has 6 nitrogen and oxygen atoms in total. The number of likely N-dealkylation sites (N-methyl/N-ethyl adjacent to an activating group) is 1. The Kier molecular flexibility index (Phi) is 4.43. The lowest BCUT2D eigenvalue weighted by molar-refractivity contribution is -0.134. The van der Waals surface area contributed by atoms with Gasteiger partial charge in [0.2, 0.25) is 0 Å². The molecule has 1 aromatic rings. The number of hydrogen-bond acceptors (Lipinski definition) is 5. The molecule has 134 valence electrons. The maximum absolute atomic E-state index is 12.1. The van der Waals surface area contributed by atoms with Crippen molar-refractivity contribution in [1.29, 1.82) is 0 Å². The van der Waals surface area contributed by atoms with Crippen molar-refractivity contribution in [3.63, 3.8) is 0 Å². The summed E-state index contributed by atoms with van der Waals surface area (Å²) in [5.74, 6) is -1.42. The molecule has 1 aromatic carbocycles. The first kappa shape index (κ1) is 17.6. The van der Waals surface area contributed by atoms with Crippen molar-refractivity contribution in [3.05, 3.63) is 41.5 Å². The van der Waals surface area contributed by atoms with E-state index in [9.17, 15) is 19.8 Å². The van der Waals surface area contributed by atoms with Gasteiger partial charge in [-0.25, -0.2) is 0 Å². The molecule has 2 aliphatic carbocycles. The zero-order chi connectivity index (χ0) is 18.4. The maximum Gasteiger partial charge on any atom is 0.252 e. The van der Waals surface area contributed by atoms with Crippen LogP contribution in [0.25, 0.3) is 0 Å². The highest BCUT2D eigenvalue weighted by Crippen LogP contribution is 2.51. The summed E-state index contributed by atoms with van der Waals surface area (Å²) in [5.41, 5.74) is 5.56. The lowest BCUT2D eigenvalue weighted by Crippen LogP contribution is -2.60. The van der Waals surface area contributed by atoms with Gasteiger partial charge in [0.25, 0.3) is 5.91 Å². The van der Waals surface area contributed by atoms with Gasteiger partial charge in [-0.1, -0.05) is 12.1 Å². The predicted molar refractivity (Wildman–Crippen MR) is 93.5 cm³/mol. The summed E-state index contributed by atoms with van der Waals surface area (Å²) in [6, 6.07) is 3.08. The number of Topliss-reactive ketones (excluding diaryl/α,β-unsaturated/α-hetero) is 1. The van der Waals surface area contributed by atoms with Crippen molar-refractivity contribution < 1.29 is 19.8 Å². The van der Waals surface area contributed by atoms with Gasteiger partial charge < -0.3 is 15.9 Å². The number of rotatable bonds is 4. The number of nitrogens with two attached hydrogens (primary N) is 1. The first-order valence-electron chi connectivity index (χ1n) is 8.49. The van der Waals surface area contributed by atoms with Crippen LogP contribution in [-0.2, 0) is 11.2 Å². The normalized spacial score (nSPS) is 28.4. The highest BCUT2D eigenvalue weighted by atomic mass is 16.3. The Labute approximate surface area is 146 Å². The van der Waals surface area contributed by atoms with Crippen molar-refractivity contribution in [1.82, 2.24) is 4.90 Å². The fraction of sp³-hybridized carbons (Fsp3) is 0.474. The predicted octanol–water partition coefficient (Wildman–Crippen LogP) is 1.10. The number of hydrogen-bond donors (Lipinski definition) is 3. The van der Waals surface area contributed by atoms with Gasteiger partial charge >= 0.3 is 0 Å². The van der Waals surface area contributed by atoms with Crippen LogP contribution in [0.2, 0.25) is 0 Å². The molecule has 0 heterocycles. The van der Waals surface area contributed by atoms with Gasteiger partial charge in [0, 0.05) is 36.9 Å². The largest absolute Gasteiger partial charge is 0.507 e. The number of carbonyl (C=O) groups is 2. The molecule has 4 N–H and O–H groups in total. The fourth-order valence-corrected chi connectivity index (χ4v) is 4.44. The first-order chi connectivity index (χ1) is 11.8. The van der Waals surface area contributed by atoms with Gasteiger partial charge in [0.05, 0.1) is 11.2 Å². The van der Waals surface area contributed by atoms with Gasteiger partial charge in [-0.3, -0.25) is 14.5 Å². The number of amides is 1. The molecule has 0 bridgehead atoms. The minimum Gasteiger partial charge on any atom is -0.507 e. The monoisotopic (exact) mass is 344 g/mol. The number of benzene rings is 1. The molecule has 1 fully saturated rings. The van der Waals surface area contributed by atoms with E-state index in [0.717, 1.165) is 5.56 Å².